The fourth-order valence-electron chi connectivity index (χ4n) is 2.37. The van der Waals surface area contributed by atoms with E-state index in [-0.39, 0.29) is 6.09 Å². The lowest BCUT2D eigenvalue weighted by Crippen LogP contribution is -2.46. The van der Waals surface area contributed by atoms with Crippen LogP contribution in [0.15, 0.2) is 24.3 Å². The molecule has 5 heteroatoms. The SMILES string of the molecule is CCOC(=O)N1CCN(CCN(C)C)c2ccccc21. The highest BCUT2D eigenvalue weighted by atomic mass is 16.6. The van der Waals surface area contributed by atoms with Gasteiger partial charge in [-0.3, -0.25) is 4.90 Å². The van der Waals surface area contributed by atoms with E-state index in [0.717, 1.165) is 31.0 Å². The van der Waals surface area contributed by atoms with E-state index in [2.05, 4.69) is 30.0 Å². The molecule has 0 N–H and O–H groups in total. The van der Waals surface area contributed by atoms with Gasteiger partial charge in [0.2, 0.25) is 0 Å². The average molecular weight is 277 g/mol. The Kier molecular flexibility index (Phi) is 4.84. The second-order valence-corrected chi connectivity index (χ2v) is 5.13. The number of likely N-dealkylation sites (N-methyl/N-ethyl adjacent to an activating group) is 1. The summed E-state index contributed by atoms with van der Waals surface area (Å²) in [7, 11) is 4.14. The Hall–Kier alpha value is -1.75. The van der Waals surface area contributed by atoms with Gasteiger partial charge in [-0.25, -0.2) is 4.79 Å². The summed E-state index contributed by atoms with van der Waals surface area (Å²) in [6.45, 7) is 5.69. The van der Waals surface area contributed by atoms with Crippen molar-refractivity contribution >= 4 is 17.5 Å². The maximum Gasteiger partial charge on any atom is 0.414 e. The van der Waals surface area contributed by atoms with E-state index in [4.69, 9.17) is 4.74 Å². The molecule has 0 radical (unpaired) electrons. The smallest absolute Gasteiger partial charge is 0.414 e. The van der Waals surface area contributed by atoms with Gasteiger partial charge >= 0.3 is 6.09 Å². The fourth-order valence-corrected chi connectivity index (χ4v) is 2.37. The first-order valence-electron chi connectivity index (χ1n) is 7.06. The highest BCUT2D eigenvalue weighted by Crippen LogP contribution is 2.32. The molecule has 0 aliphatic carbocycles. The maximum atomic E-state index is 12.0. The molecule has 0 fully saturated rings. The number of carbonyl (C=O) groups is 1. The molecular weight excluding hydrogens is 254 g/mol. The summed E-state index contributed by atoms with van der Waals surface area (Å²) in [5.41, 5.74) is 2.05. The zero-order valence-corrected chi connectivity index (χ0v) is 12.5. The minimum absolute atomic E-state index is 0.257. The predicted octanol–water partition coefficient (Wildman–Crippen LogP) is 2.03. The molecule has 2 rings (SSSR count). The van der Waals surface area contributed by atoms with Crippen LogP contribution in [0.1, 0.15) is 6.92 Å². The van der Waals surface area contributed by atoms with Crippen molar-refractivity contribution in [3.8, 4) is 0 Å². The quantitative estimate of drug-likeness (QED) is 0.843. The number of nitrogens with zero attached hydrogens (tertiary/aromatic N) is 3. The molecule has 0 bridgehead atoms. The van der Waals surface area contributed by atoms with Crippen molar-refractivity contribution in [1.82, 2.24) is 4.90 Å². The molecule has 0 unspecified atom stereocenters. The van der Waals surface area contributed by atoms with Gasteiger partial charge in [-0.05, 0) is 33.2 Å². The minimum Gasteiger partial charge on any atom is -0.449 e. The Morgan fingerprint density at radius 2 is 1.95 bits per heavy atom. The monoisotopic (exact) mass is 277 g/mol. The molecule has 20 heavy (non-hydrogen) atoms. The van der Waals surface area contributed by atoms with Crippen LogP contribution in [-0.2, 0) is 4.74 Å². The molecule has 0 spiro atoms. The number of fused-ring (bicyclic) bond motifs is 1. The van der Waals surface area contributed by atoms with Crippen LogP contribution >= 0.6 is 0 Å². The Labute approximate surface area is 120 Å². The lowest BCUT2D eigenvalue weighted by atomic mass is 10.1. The average Bonchev–Trinajstić information content (AvgIpc) is 2.44. The van der Waals surface area contributed by atoms with Gasteiger partial charge in [0.1, 0.15) is 0 Å². The molecule has 110 valence electrons. The van der Waals surface area contributed by atoms with E-state index in [0.29, 0.717) is 13.2 Å². The van der Waals surface area contributed by atoms with Gasteiger partial charge in [-0.15, -0.1) is 0 Å². The first-order valence-corrected chi connectivity index (χ1v) is 7.06. The van der Waals surface area contributed by atoms with E-state index >= 15 is 0 Å². The first kappa shape index (κ1) is 14.7. The highest BCUT2D eigenvalue weighted by Gasteiger charge is 2.27. The van der Waals surface area contributed by atoms with Crippen molar-refractivity contribution < 1.29 is 9.53 Å². The van der Waals surface area contributed by atoms with Crippen LogP contribution in [0.2, 0.25) is 0 Å². The third-order valence-electron chi connectivity index (χ3n) is 3.41. The first-order chi connectivity index (χ1) is 9.63. The van der Waals surface area contributed by atoms with Crippen LogP contribution in [0.25, 0.3) is 0 Å². The van der Waals surface area contributed by atoms with Crippen LogP contribution in [0, 0.1) is 0 Å². The summed E-state index contributed by atoms with van der Waals surface area (Å²) in [6.07, 6.45) is -0.257. The van der Waals surface area contributed by atoms with Crippen LogP contribution < -0.4 is 9.80 Å². The Bertz CT molecular complexity index is 462. The van der Waals surface area contributed by atoms with Crippen molar-refractivity contribution in [3.05, 3.63) is 24.3 Å². The second-order valence-electron chi connectivity index (χ2n) is 5.13. The summed E-state index contributed by atoms with van der Waals surface area (Å²) >= 11 is 0. The molecule has 0 saturated carbocycles. The van der Waals surface area contributed by atoms with Crippen molar-refractivity contribution in [2.75, 3.05) is 56.7 Å². The highest BCUT2D eigenvalue weighted by molar-refractivity contribution is 5.93. The summed E-state index contributed by atoms with van der Waals surface area (Å²) in [5, 5.41) is 0. The molecule has 1 aliphatic heterocycles. The fraction of sp³-hybridized carbons (Fsp3) is 0.533. The third kappa shape index (κ3) is 3.22. The van der Waals surface area contributed by atoms with Crippen LogP contribution in [0.5, 0.6) is 0 Å². The Balaban J connectivity index is 2.18. The number of rotatable bonds is 4. The topological polar surface area (TPSA) is 36.0 Å². The summed E-state index contributed by atoms with van der Waals surface area (Å²) in [6, 6.07) is 8.01. The van der Waals surface area contributed by atoms with Gasteiger partial charge in [0, 0.05) is 26.2 Å². The Morgan fingerprint density at radius 3 is 2.60 bits per heavy atom. The van der Waals surface area contributed by atoms with Crippen molar-refractivity contribution in [1.29, 1.82) is 0 Å². The number of ether oxygens (including phenoxy) is 1. The molecule has 0 aromatic heterocycles. The Morgan fingerprint density at radius 1 is 1.25 bits per heavy atom. The van der Waals surface area contributed by atoms with E-state index in [1.54, 1.807) is 4.90 Å². The van der Waals surface area contributed by atoms with Gasteiger partial charge in [0.15, 0.2) is 0 Å². The number of benzene rings is 1. The number of anilines is 2. The molecule has 1 aromatic rings. The predicted molar refractivity (Wildman–Crippen MR) is 81.6 cm³/mol. The standard InChI is InChI=1S/C15H23N3O2/c1-4-20-15(19)18-12-11-17(10-9-16(2)3)13-7-5-6-8-14(13)18/h5-8H,4,9-12H2,1-3H3. The van der Waals surface area contributed by atoms with Gasteiger partial charge in [-0.1, -0.05) is 12.1 Å². The number of para-hydroxylation sites is 2. The zero-order chi connectivity index (χ0) is 14.5. The van der Waals surface area contributed by atoms with Gasteiger partial charge < -0.3 is 14.5 Å². The lowest BCUT2D eigenvalue weighted by Gasteiger charge is -2.37. The molecule has 5 nitrogen and oxygen atoms in total. The van der Waals surface area contributed by atoms with Gasteiger partial charge in [-0.2, -0.15) is 0 Å². The molecule has 1 aromatic carbocycles. The van der Waals surface area contributed by atoms with Crippen LogP contribution in [0.4, 0.5) is 16.2 Å². The molecule has 0 saturated heterocycles. The number of carbonyl (C=O) groups excluding carboxylic acids is 1. The summed E-state index contributed by atoms with van der Waals surface area (Å²) in [5.74, 6) is 0. The second kappa shape index (κ2) is 6.61. The van der Waals surface area contributed by atoms with Gasteiger partial charge in [0.25, 0.3) is 0 Å². The van der Waals surface area contributed by atoms with Crippen molar-refractivity contribution in [2.24, 2.45) is 0 Å². The van der Waals surface area contributed by atoms with Crippen molar-refractivity contribution in [2.45, 2.75) is 6.92 Å². The number of hydrogen-bond acceptors (Lipinski definition) is 4. The summed E-state index contributed by atoms with van der Waals surface area (Å²) in [4.78, 5) is 18.2. The van der Waals surface area contributed by atoms with Crippen molar-refractivity contribution in [3.63, 3.8) is 0 Å². The van der Waals surface area contributed by atoms with E-state index in [9.17, 15) is 4.79 Å². The largest absolute Gasteiger partial charge is 0.449 e. The van der Waals surface area contributed by atoms with Gasteiger partial charge in [0.05, 0.1) is 18.0 Å². The normalized spacial score (nSPS) is 14.4. The molecule has 1 aliphatic rings. The third-order valence-corrected chi connectivity index (χ3v) is 3.41. The molecule has 0 atom stereocenters. The zero-order valence-electron chi connectivity index (χ0n) is 12.5. The maximum absolute atomic E-state index is 12.0. The molecule has 1 amide bonds. The van der Waals surface area contributed by atoms with E-state index in [1.165, 1.54) is 0 Å². The number of hydrogen-bond donors (Lipinski definition) is 0. The lowest BCUT2D eigenvalue weighted by molar-refractivity contribution is 0.159. The molecular formula is C15H23N3O2. The molecule has 1 heterocycles. The van der Waals surface area contributed by atoms with E-state index in [1.807, 2.05) is 25.1 Å². The van der Waals surface area contributed by atoms with E-state index < -0.39 is 0 Å². The van der Waals surface area contributed by atoms with Crippen LogP contribution in [-0.4, -0.2) is 57.9 Å². The van der Waals surface area contributed by atoms with Crippen LogP contribution in [0.3, 0.4) is 0 Å². The number of amides is 1. The minimum atomic E-state index is -0.257. The summed E-state index contributed by atoms with van der Waals surface area (Å²) < 4.78 is 5.13.